The number of nitrogens with one attached hydrogen (secondary N) is 1. The van der Waals surface area contributed by atoms with E-state index in [1.54, 1.807) is 4.90 Å². The molecule has 2 aliphatic rings. The molecule has 114 valence electrons. The van der Waals surface area contributed by atoms with Gasteiger partial charge in [-0.1, -0.05) is 12.1 Å². The van der Waals surface area contributed by atoms with Crippen LogP contribution in [0.3, 0.4) is 0 Å². The number of carbonyl (C=O) groups is 1. The fraction of sp³-hybridized carbons (Fsp3) is 0.533. The van der Waals surface area contributed by atoms with Crippen molar-refractivity contribution in [2.45, 2.75) is 24.9 Å². The van der Waals surface area contributed by atoms with Crippen LogP contribution in [-0.2, 0) is 6.42 Å². The quantitative estimate of drug-likeness (QED) is 0.888. The van der Waals surface area contributed by atoms with Crippen LogP contribution < -0.4 is 5.32 Å². The zero-order valence-electron chi connectivity index (χ0n) is 11.6. The van der Waals surface area contributed by atoms with Crippen LogP contribution in [0.5, 0.6) is 0 Å². The maximum atomic E-state index is 13.4. The number of aliphatic hydroxyl groups is 1. The molecule has 2 fully saturated rings. The first-order chi connectivity index (χ1) is 9.99. The van der Waals surface area contributed by atoms with Gasteiger partial charge in [0.25, 0.3) is 0 Å². The van der Waals surface area contributed by atoms with Crippen LogP contribution in [0.1, 0.15) is 18.4 Å². The SMILES string of the molecule is O=C(NCCc1cccc(F)c1F)N1CC(O)(C2CC2)C1. The number of benzene rings is 1. The fourth-order valence-electron chi connectivity index (χ4n) is 2.79. The summed E-state index contributed by atoms with van der Waals surface area (Å²) in [4.78, 5) is 13.4. The van der Waals surface area contributed by atoms with Crippen molar-refractivity contribution in [2.24, 2.45) is 5.92 Å². The standard InChI is InChI=1S/C15H18F2N2O2/c16-12-3-1-2-10(13(12)17)6-7-18-14(20)19-8-15(21,9-19)11-4-5-11/h1-3,11,21H,4-9H2,(H,18,20). The zero-order valence-corrected chi connectivity index (χ0v) is 11.6. The highest BCUT2D eigenvalue weighted by Crippen LogP contribution is 2.44. The van der Waals surface area contributed by atoms with Gasteiger partial charge in [-0.05, 0) is 36.8 Å². The highest BCUT2D eigenvalue weighted by molar-refractivity contribution is 5.75. The van der Waals surface area contributed by atoms with Gasteiger partial charge >= 0.3 is 6.03 Å². The van der Waals surface area contributed by atoms with Crippen molar-refractivity contribution in [3.63, 3.8) is 0 Å². The van der Waals surface area contributed by atoms with Crippen LogP contribution in [0.2, 0.25) is 0 Å². The Morgan fingerprint density at radius 2 is 2.10 bits per heavy atom. The van der Waals surface area contributed by atoms with Crippen molar-refractivity contribution in [1.82, 2.24) is 10.2 Å². The molecule has 1 aromatic rings. The fourth-order valence-corrected chi connectivity index (χ4v) is 2.79. The van der Waals surface area contributed by atoms with Gasteiger partial charge in [0.1, 0.15) is 5.60 Å². The number of nitrogens with zero attached hydrogens (tertiary/aromatic N) is 1. The summed E-state index contributed by atoms with van der Waals surface area (Å²) in [6.45, 7) is 0.952. The van der Waals surface area contributed by atoms with Crippen molar-refractivity contribution in [2.75, 3.05) is 19.6 Å². The summed E-state index contributed by atoms with van der Waals surface area (Å²) < 4.78 is 26.5. The van der Waals surface area contributed by atoms with E-state index in [2.05, 4.69) is 5.32 Å². The predicted octanol–water partition coefficient (Wildman–Crippen LogP) is 1.67. The van der Waals surface area contributed by atoms with E-state index in [0.717, 1.165) is 18.9 Å². The Hall–Kier alpha value is -1.69. The van der Waals surface area contributed by atoms with Crippen molar-refractivity contribution >= 4 is 6.03 Å². The van der Waals surface area contributed by atoms with Gasteiger partial charge in [0, 0.05) is 6.54 Å². The van der Waals surface area contributed by atoms with Gasteiger partial charge in [-0.15, -0.1) is 0 Å². The molecule has 0 atom stereocenters. The van der Waals surface area contributed by atoms with Crippen molar-refractivity contribution in [1.29, 1.82) is 0 Å². The molecule has 0 aromatic heterocycles. The third-order valence-corrected chi connectivity index (χ3v) is 4.26. The third kappa shape index (κ3) is 2.85. The van der Waals surface area contributed by atoms with E-state index in [0.29, 0.717) is 19.0 Å². The average molecular weight is 296 g/mol. The van der Waals surface area contributed by atoms with Gasteiger partial charge in [0.05, 0.1) is 13.1 Å². The summed E-state index contributed by atoms with van der Waals surface area (Å²) in [6.07, 6.45) is 2.30. The molecule has 0 radical (unpaired) electrons. The largest absolute Gasteiger partial charge is 0.386 e. The maximum absolute atomic E-state index is 13.4. The molecule has 0 unspecified atom stereocenters. The van der Waals surface area contributed by atoms with Gasteiger partial charge in [-0.3, -0.25) is 0 Å². The van der Waals surface area contributed by atoms with E-state index in [9.17, 15) is 18.7 Å². The summed E-state index contributed by atoms with van der Waals surface area (Å²) in [6, 6.07) is 3.74. The lowest BCUT2D eigenvalue weighted by molar-refractivity contribution is -0.0917. The Morgan fingerprint density at radius 1 is 1.38 bits per heavy atom. The molecule has 1 aliphatic heterocycles. The first-order valence-corrected chi connectivity index (χ1v) is 7.18. The van der Waals surface area contributed by atoms with Crippen LogP contribution >= 0.6 is 0 Å². The number of hydrogen-bond donors (Lipinski definition) is 2. The summed E-state index contributed by atoms with van der Waals surface area (Å²) in [5.74, 6) is -1.40. The van der Waals surface area contributed by atoms with Gasteiger partial charge in [0.2, 0.25) is 0 Å². The van der Waals surface area contributed by atoms with E-state index in [1.165, 1.54) is 12.1 Å². The second-order valence-corrected chi connectivity index (χ2v) is 5.93. The van der Waals surface area contributed by atoms with Crippen LogP contribution in [0.15, 0.2) is 18.2 Å². The molecule has 2 amide bonds. The average Bonchev–Trinajstić information content (AvgIpc) is 3.24. The van der Waals surface area contributed by atoms with Gasteiger partial charge in [-0.2, -0.15) is 0 Å². The van der Waals surface area contributed by atoms with Crippen molar-refractivity contribution in [3.05, 3.63) is 35.4 Å². The van der Waals surface area contributed by atoms with Crippen LogP contribution in [-0.4, -0.2) is 41.3 Å². The van der Waals surface area contributed by atoms with E-state index < -0.39 is 17.2 Å². The first kappa shape index (κ1) is 14.3. The molecule has 4 nitrogen and oxygen atoms in total. The van der Waals surface area contributed by atoms with E-state index >= 15 is 0 Å². The molecule has 3 rings (SSSR count). The predicted molar refractivity (Wildman–Crippen MR) is 72.7 cm³/mol. The number of hydrogen-bond acceptors (Lipinski definition) is 2. The van der Waals surface area contributed by atoms with Crippen LogP contribution in [0.4, 0.5) is 13.6 Å². The maximum Gasteiger partial charge on any atom is 0.317 e. The normalized spacial score (nSPS) is 20.0. The van der Waals surface area contributed by atoms with Gasteiger partial charge in [-0.25, -0.2) is 13.6 Å². The second kappa shape index (κ2) is 5.26. The van der Waals surface area contributed by atoms with Crippen molar-refractivity contribution < 1.29 is 18.7 Å². The highest BCUT2D eigenvalue weighted by Gasteiger charge is 2.53. The Balaban J connectivity index is 1.43. The molecular weight excluding hydrogens is 278 g/mol. The molecule has 0 bridgehead atoms. The zero-order chi connectivity index (χ0) is 15.0. The Bertz CT molecular complexity index is 555. The molecule has 6 heteroatoms. The molecule has 1 aliphatic carbocycles. The Labute approximate surface area is 121 Å². The van der Waals surface area contributed by atoms with E-state index in [-0.39, 0.29) is 24.6 Å². The lowest BCUT2D eigenvalue weighted by Gasteiger charge is -2.46. The molecule has 1 saturated heterocycles. The van der Waals surface area contributed by atoms with Crippen LogP contribution in [0, 0.1) is 17.6 Å². The summed E-state index contributed by atoms with van der Waals surface area (Å²) in [7, 11) is 0. The van der Waals surface area contributed by atoms with E-state index in [4.69, 9.17) is 0 Å². The molecule has 0 spiro atoms. The minimum Gasteiger partial charge on any atom is -0.386 e. The molecule has 1 saturated carbocycles. The molecular formula is C15H18F2N2O2. The lowest BCUT2D eigenvalue weighted by Crippen LogP contribution is -2.66. The minimum absolute atomic E-state index is 0.232. The Kier molecular flexibility index (Phi) is 3.57. The number of halogens is 2. The van der Waals surface area contributed by atoms with Crippen molar-refractivity contribution in [3.8, 4) is 0 Å². The van der Waals surface area contributed by atoms with Crippen LogP contribution in [0.25, 0.3) is 0 Å². The number of likely N-dealkylation sites (tertiary alicyclic amines) is 1. The van der Waals surface area contributed by atoms with E-state index in [1.807, 2.05) is 0 Å². The highest BCUT2D eigenvalue weighted by atomic mass is 19.2. The van der Waals surface area contributed by atoms with Gasteiger partial charge in [0.15, 0.2) is 11.6 Å². The lowest BCUT2D eigenvalue weighted by atomic mass is 9.89. The summed E-state index contributed by atoms with van der Waals surface area (Å²) >= 11 is 0. The topological polar surface area (TPSA) is 52.6 Å². The molecule has 2 N–H and O–H groups in total. The summed E-state index contributed by atoms with van der Waals surface area (Å²) in [5, 5.41) is 12.8. The number of amides is 2. The third-order valence-electron chi connectivity index (χ3n) is 4.26. The second-order valence-electron chi connectivity index (χ2n) is 5.93. The number of carbonyl (C=O) groups excluding carboxylic acids is 1. The Morgan fingerprint density at radius 3 is 2.76 bits per heavy atom. The van der Waals surface area contributed by atoms with Gasteiger partial charge < -0.3 is 15.3 Å². The number of β-amino-alcohol motifs (C(OH)–C–C–N with tert-alkyl or cyclic N) is 1. The summed E-state index contributed by atoms with van der Waals surface area (Å²) in [5.41, 5.74) is -0.458. The first-order valence-electron chi connectivity index (χ1n) is 7.18. The monoisotopic (exact) mass is 296 g/mol. The number of rotatable bonds is 4. The number of urea groups is 1. The minimum atomic E-state index is -0.879. The smallest absolute Gasteiger partial charge is 0.317 e. The molecule has 1 aromatic carbocycles. The molecule has 1 heterocycles. The molecule has 21 heavy (non-hydrogen) atoms.